The van der Waals surface area contributed by atoms with Gasteiger partial charge in [0.15, 0.2) is 0 Å². The van der Waals surface area contributed by atoms with Gasteiger partial charge in [0.2, 0.25) is 5.91 Å². The van der Waals surface area contributed by atoms with Crippen molar-refractivity contribution < 1.29 is 14.4 Å². The molecule has 0 spiro atoms. The molecular formula is C30H25ClN4O3. The lowest BCUT2D eigenvalue weighted by Gasteiger charge is -2.29. The van der Waals surface area contributed by atoms with Crippen LogP contribution in [0.1, 0.15) is 38.3 Å². The standard InChI is InChI=1S/C30H25ClN4O3/c31-23-14-15-24-25(18-23)33-29(37)26(16-11-20-6-2-1-3-7-20)35(30(24)38)19-21-9-12-22(13-10-21)28(36)34-27-8-4-5-17-32-27/h1-10,12-15,17-18,26H,11,16,19H2,(H,33,37)(H,32,34,36). The predicted molar refractivity (Wildman–Crippen MR) is 147 cm³/mol. The first-order valence-electron chi connectivity index (χ1n) is 12.2. The van der Waals surface area contributed by atoms with Crippen LogP contribution in [-0.2, 0) is 17.8 Å². The van der Waals surface area contributed by atoms with Crippen LogP contribution in [-0.4, -0.2) is 33.6 Å². The van der Waals surface area contributed by atoms with Gasteiger partial charge < -0.3 is 15.5 Å². The van der Waals surface area contributed by atoms with Crippen molar-refractivity contribution in [2.75, 3.05) is 10.6 Å². The van der Waals surface area contributed by atoms with Crippen molar-refractivity contribution >= 4 is 40.8 Å². The second kappa shape index (κ2) is 11.3. The van der Waals surface area contributed by atoms with E-state index in [2.05, 4.69) is 15.6 Å². The lowest BCUT2D eigenvalue weighted by molar-refractivity contribution is -0.120. The Morgan fingerprint density at radius 1 is 0.921 bits per heavy atom. The SMILES string of the molecule is O=C(Nc1ccccn1)c1ccc(CN2C(=O)c3ccc(Cl)cc3NC(=O)C2CCc2ccccc2)cc1. The minimum Gasteiger partial charge on any atom is -0.323 e. The van der Waals surface area contributed by atoms with E-state index in [9.17, 15) is 14.4 Å². The highest BCUT2D eigenvalue weighted by molar-refractivity contribution is 6.31. The summed E-state index contributed by atoms with van der Waals surface area (Å²) in [6, 6.07) is 26.3. The molecule has 0 bridgehead atoms. The number of hydrogen-bond acceptors (Lipinski definition) is 4. The van der Waals surface area contributed by atoms with Crippen molar-refractivity contribution in [3.05, 3.63) is 124 Å². The molecule has 1 unspecified atom stereocenters. The van der Waals surface area contributed by atoms with Crippen LogP contribution < -0.4 is 10.6 Å². The minimum atomic E-state index is -0.694. The smallest absolute Gasteiger partial charge is 0.256 e. The van der Waals surface area contributed by atoms with Gasteiger partial charge in [-0.15, -0.1) is 0 Å². The summed E-state index contributed by atoms with van der Waals surface area (Å²) in [6.07, 6.45) is 2.69. The number of carbonyl (C=O) groups excluding carboxylic acids is 3. The maximum atomic E-state index is 13.7. The van der Waals surface area contributed by atoms with E-state index >= 15 is 0 Å². The third kappa shape index (κ3) is 5.74. The Kier molecular flexibility index (Phi) is 7.47. The summed E-state index contributed by atoms with van der Waals surface area (Å²) >= 11 is 6.15. The molecule has 0 fully saturated rings. The largest absolute Gasteiger partial charge is 0.323 e. The lowest BCUT2D eigenvalue weighted by Crippen LogP contribution is -2.45. The van der Waals surface area contributed by atoms with E-state index in [4.69, 9.17) is 11.6 Å². The molecule has 2 heterocycles. The third-order valence-electron chi connectivity index (χ3n) is 6.43. The Bertz CT molecular complexity index is 1460. The zero-order valence-corrected chi connectivity index (χ0v) is 21.2. The lowest BCUT2D eigenvalue weighted by atomic mass is 10.0. The van der Waals surface area contributed by atoms with Gasteiger partial charge in [0.05, 0.1) is 11.3 Å². The van der Waals surface area contributed by atoms with Gasteiger partial charge in [0, 0.05) is 23.3 Å². The number of amides is 3. The van der Waals surface area contributed by atoms with Crippen molar-refractivity contribution in [2.45, 2.75) is 25.4 Å². The molecule has 4 aromatic rings. The number of nitrogens with zero attached hydrogens (tertiary/aromatic N) is 2. The monoisotopic (exact) mass is 524 g/mol. The average Bonchev–Trinajstić information content (AvgIpc) is 3.02. The van der Waals surface area contributed by atoms with Crippen LogP contribution >= 0.6 is 11.6 Å². The number of pyridine rings is 1. The summed E-state index contributed by atoms with van der Waals surface area (Å²) in [5, 5.41) is 6.09. The molecular weight excluding hydrogens is 500 g/mol. The van der Waals surface area contributed by atoms with Crippen LogP contribution in [0, 0.1) is 0 Å². The fourth-order valence-electron chi connectivity index (χ4n) is 4.46. The minimum absolute atomic E-state index is 0.204. The van der Waals surface area contributed by atoms with E-state index in [1.807, 2.05) is 30.3 Å². The zero-order chi connectivity index (χ0) is 26.5. The number of benzene rings is 3. The average molecular weight is 525 g/mol. The Balaban J connectivity index is 1.39. The summed E-state index contributed by atoms with van der Waals surface area (Å²) in [5.74, 6) is -0.346. The molecule has 8 heteroatoms. The van der Waals surface area contributed by atoms with Crippen molar-refractivity contribution in [2.24, 2.45) is 0 Å². The molecule has 1 atom stereocenters. The van der Waals surface area contributed by atoms with E-state index in [1.54, 1.807) is 71.8 Å². The molecule has 190 valence electrons. The van der Waals surface area contributed by atoms with Gasteiger partial charge in [-0.05, 0) is 66.4 Å². The number of anilines is 2. The highest BCUT2D eigenvalue weighted by Gasteiger charge is 2.35. The van der Waals surface area contributed by atoms with Crippen LogP contribution in [0.25, 0.3) is 0 Å². The number of fused-ring (bicyclic) bond motifs is 1. The van der Waals surface area contributed by atoms with Gasteiger partial charge in [0.25, 0.3) is 11.8 Å². The van der Waals surface area contributed by atoms with E-state index in [0.717, 1.165) is 11.1 Å². The Labute approximate surface area is 225 Å². The molecule has 3 amide bonds. The molecule has 0 aliphatic carbocycles. The molecule has 38 heavy (non-hydrogen) atoms. The third-order valence-corrected chi connectivity index (χ3v) is 6.67. The molecule has 2 N–H and O–H groups in total. The van der Waals surface area contributed by atoms with Gasteiger partial charge in [-0.1, -0.05) is 60.1 Å². The van der Waals surface area contributed by atoms with Gasteiger partial charge in [-0.2, -0.15) is 0 Å². The van der Waals surface area contributed by atoms with Crippen molar-refractivity contribution in [3.8, 4) is 0 Å². The summed E-state index contributed by atoms with van der Waals surface area (Å²) in [5.41, 5.74) is 3.13. The highest BCUT2D eigenvalue weighted by atomic mass is 35.5. The van der Waals surface area contributed by atoms with E-state index in [0.29, 0.717) is 40.5 Å². The fourth-order valence-corrected chi connectivity index (χ4v) is 4.63. The molecule has 1 aliphatic rings. The number of hydrogen-bond donors (Lipinski definition) is 2. The molecule has 0 saturated heterocycles. The normalized spacial score (nSPS) is 14.9. The molecule has 1 aromatic heterocycles. The second-order valence-corrected chi connectivity index (χ2v) is 9.45. The maximum absolute atomic E-state index is 13.7. The van der Waals surface area contributed by atoms with Gasteiger partial charge >= 0.3 is 0 Å². The Morgan fingerprint density at radius 2 is 1.68 bits per heavy atom. The zero-order valence-electron chi connectivity index (χ0n) is 20.4. The van der Waals surface area contributed by atoms with Crippen LogP contribution in [0.5, 0.6) is 0 Å². The number of carbonyl (C=O) groups is 3. The number of nitrogens with one attached hydrogen (secondary N) is 2. The molecule has 3 aromatic carbocycles. The first kappa shape index (κ1) is 25.2. The second-order valence-electron chi connectivity index (χ2n) is 9.02. The molecule has 7 nitrogen and oxygen atoms in total. The first-order chi connectivity index (χ1) is 18.5. The highest BCUT2D eigenvalue weighted by Crippen LogP contribution is 2.29. The topological polar surface area (TPSA) is 91.4 Å². The van der Waals surface area contributed by atoms with Gasteiger partial charge in [0.1, 0.15) is 11.9 Å². The van der Waals surface area contributed by atoms with Gasteiger partial charge in [-0.3, -0.25) is 14.4 Å². The van der Waals surface area contributed by atoms with E-state index < -0.39 is 6.04 Å². The van der Waals surface area contributed by atoms with E-state index in [1.165, 1.54) is 0 Å². The fraction of sp³-hybridized carbons (Fsp3) is 0.133. The number of rotatable bonds is 7. The molecule has 0 radical (unpaired) electrons. The number of aryl methyl sites for hydroxylation is 1. The van der Waals surface area contributed by atoms with Crippen LogP contribution in [0.4, 0.5) is 11.5 Å². The summed E-state index contributed by atoms with van der Waals surface area (Å²) in [4.78, 5) is 45.4. The van der Waals surface area contributed by atoms with Crippen LogP contribution in [0.3, 0.4) is 0 Å². The molecule has 1 aliphatic heterocycles. The van der Waals surface area contributed by atoms with Crippen molar-refractivity contribution in [1.82, 2.24) is 9.88 Å². The first-order valence-corrected chi connectivity index (χ1v) is 12.6. The van der Waals surface area contributed by atoms with Crippen molar-refractivity contribution in [3.63, 3.8) is 0 Å². The van der Waals surface area contributed by atoms with Crippen molar-refractivity contribution in [1.29, 1.82) is 0 Å². The predicted octanol–water partition coefficient (Wildman–Crippen LogP) is 5.58. The summed E-state index contributed by atoms with van der Waals surface area (Å²) < 4.78 is 0. The quantitative estimate of drug-likeness (QED) is 0.330. The molecule has 5 rings (SSSR count). The van der Waals surface area contributed by atoms with Crippen LogP contribution in [0.15, 0.2) is 97.2 Å². The number of halogens is 1. The van der Waals surface area contributed by atoms with E-state index in [-0.39, 0.29) is 24.3 Å². The maximum Gasteiger partial charge on any atom is 0.256 e. The number of aromatic nitrogens is 1. The Hall–Kier alpha value is -4.49. The summed E-state index contributed by atoms with van der Waals surface area (Å²) in [7, 11) is 0. The van der Waals surface area contributed by atoms with Gasteiger partial charge in [-0.25, -0.2) is 4.98 Å². The summed E-state index contributed by atoms with van der Waals surface area (Å²) in [6.45, 7) is 0.204. The Morgan fingerprint density at radius 3 is 2.42 bits per heavy atom. The van der Waals surface area contributed by atoms with Crippen LogP contribution in [0.2, 0.25) is 5.02 Å². The molecule has 0 saturated carbocycles.